The molecule has 4 unspecified atom stereocenters. The van der Waals surface area contributed by atoms with Crippen LogP contribution in [0.25, 0.3) is 0 Å². The summed E-state index contributed by atoms with van der Waals surface area (Å²) in [5.41, 5.74) is 0.829. The van der Waals surface area contributed by atoms with Crippen molar-refractivity contribution in [1.82, 2.24) is 0 Å². The minimum absolute atomic E-state index is 0.140. The van der Waals surface area contributed by atoms with Crippen molar-refractivity contribution in [2.24, 2.45) is 0 Å². The van der Waals surface area contributed by atoms with E-state index < -0.39 is 91.3 Å². The molecule has 0 radical (unpaired) electrons. The summed E-state index contributed by atoms with van der Waals surface area (Å²) in [6.07, 6.45) is -13.9. The second kappa shape index (κ2) is 15.9. The van der Waals surface area contributed by atoms with E-state index in [1.54, 1.807) is 0 Å². The van der Waals surface area contributed by atoms with Crippen LogP contribution in [-0.4, -0.2) is 103 Å². The average molecular weight is 627 g/mol. The third-order valence-corrected chi connectivity index (χ3v) is 6.53. The molecule has 0 spiro atoms. The number of hydrogen-bond acceptors (Lipinski definition) is 15. The molecule has 1 N–H and O–H groups in total. The first-order valence-electron chi connectivity index (χ1n) is 13.9. The Balaban J connectivity index is 2.00. The second-order valence-electron chi connectivity index (χ2n) is 10.2. The highest BCUT2D eigenvalue weighted by Gasteiger charge is 2.56. The minimum Gasteiger partial charge on any atom is -0.456 e. The SMILES string of the molecule is CC(=O)OC1[C@@H](OC(C)=O)[C@H](O[C@@H]2OC(C)[C@H](OC(C)=O)C(OC(C)=O)[C@@H]2OC(C)=O)C(COCc2ccccc2)O[C@@H]1O. The van der Waals surface area contributed by atoms with Gasteiger partial charge in [0.05, 0.1) is 19.3 Å². The molecule has 10 atom stereocenters. The van der Waals surface area contributed by atoms with Gasteiger partial charge in [-0.3, -0.25) is 24.0 Å². The maximum atomic E-state index is 12.2. The molecular formula is C29H38O15. The van der Waals surface area contributed by atoms with Crippen LogP contribution >= 0.6 is 0 Å². The molecule has 2 aliphatic heterocycles. The molecule has 0 saturated carbocycles. The number of benzene rings is 1. The Hall–Kier alpha value is -3.63. The van der Waals surface area contributed by atoms with Crippen molar-refractivity contribution in [3.63, 3.8) is 0 Å². The Morgan fingerprint density at radius 1 is 0.659 bits per heavy atom. The van der Waals surface area contributed by atoms with E-state index in [9.17, 15) is 29.1 Å². The monoisotopic (exact) mass is 626 g/mol. The Labute approximate surface area is 253 Å². The molecule has 244 valence electrons. The van der Waals surface area contributed by atoms with Crippen molar-refractivity contribution in [3.05, 3.63) is 35.9 Å². The quantitative estimate of drug-likeness (QED) is 0.267. The standard InChI is InChI=1S/C29H38O15/c1-14-22(38-15(2)30)24(39-16(3)31)27(42-19(6)34)29(37-14)44-23-21(13-36-12-20-10-8-7-9-11-20)43-28(35)26(41-18(5)33)25(23)40-17(4)32/h7-11,14,21-29,35H,12-13H2,1-6H3/t14?,21?,22-,23+,24?,25-,26?,27-,28-,29-/m0/s1. The van der Waals surface area contributed by atoms with Gasteiger partial charge in [0.15, 0.2) is 43.1 Å². The highest BCUT2D eigenvalue weighted by atomic mass is 16.8. The molecule has 1 aromatic carbocycles. The van der Waals surface area contributed by atoms with Crippen molar-refractivity contribution in [2.75, 3.05) is 6.61 Å². The predicted octanol–water partition coefficient (Wildman–Crippen LogP) is 0.709. The van der Waals surface area contributed by atoms with Gasteiger partial charge in [-0.05, 0) is 12.5 Å². The van der Waals surface area contributed by atoms with Crippen LogP contribution in [0.1, 0.15) is 47.1 Å². The topological polar surface area (TPSA) is 189 Å². The molecular weight excluding hydrogens is 588 g/mol. The minimum atomic E-state index is -1.76. The van der Waals surface area contributed by atoms with E-state index in [-0.39, 0.29) is 13.2 Å². The molecule has 2 heterocycles. The van der Waals surface area contributed by atoms with Crippen LogP contribution in [0.5, 0.6) is 0 Å². The van der Waals surface area contributed by atoms with Gasteiger partial charge < -0.3 is 47.7 Å². The third-order valence-electron chi connectivity index (χ3n) is 6.53. The Kier molecular flexibility index (Phi) is 12.6. The molecule has 3 rings (SSSR count). The molecule has 44 heavy (non-hydrogen) atoms. The Morgan fingerprint density at radius 2 is 1.14 bits per heavy atom. The van der Waals surface area contributed by atoms with E-state index in [1.165, 1.54) is 6.92 Å². The number of ether oxygens (including phenoxy) is 9. The fraction of sp³-hybridized carbons (Fsp3) is 0.621. The van der Waals surface area contributed by atoms with Gasteiger partial charge in [-0.25, -0.2) is 0 Å². The first-order valence-corrected chi connectivity index (χ1v) is 13.9. The number of carbonyl (C=O) groups excluding carboxylic acids is 5. The molecule has 2 aliphatic rings. The lowest BCUT2D eigenvalue weighted by Gasteiger charge is -2.48. The number of hydrogen-bond donors (Lipinski definition) is 1. The smallest absolute Gasteiger partial charge is 0.303 e. The lowest BCUT2D eigenvalue weighted by atomic mass is 9.96. The Bertz CT molecular complexity index is 1160. The lowest BCUT2D eigenvalue weighted by Crippen LogP contribution is -2.66. The number of esters is 5. The van der Waals surface area contributed by atoms with Gasteiger partial charge in [-0.15, -0.1) is 0 Å². The molecule has 0 bridgehead atoms. The normalized spacial score (nSPS) is 31.7. The highest BCUT2D eigenvalue weighted by Crippen LogP contribution is 2.34. The maximum Gasteiger partial charge on any atom is 0.303 e. The molecule has 15 heteroatoms. The molecule has 0 amide bonds. The first-order chi connectivity index (χ1) is 20.8. The molecule has 0 aromatic heterocycles. The van der Waals surface area contributed by atoms with Crippen LogP contribution in [0, 0.1) is 0 Å². The van der Waals surface area contributed by atoms with E-state index in [0.717, 1.165) is 40.2 Å². The summed E-state index contributed by atoms with van der Waals surface area (Å²) >= 11 is 0. The number of rotatable bonds is 11. The van der Waals surface area contributed by atoms with Crippen molar-refractivity contribution in [3.8, 4) is 0 Å². The molecule has 1 aromatic rings. The van der Waals surface area contributed by atoms with Gasteiger partial charge in [-0.1, -0.05) is 30.3 Å². The van der Waals surface area contributed by atoms with E-state index in [1.807, 2.05) is 30.3 Å². The summed E-state index contributed by atoms with van der Waals surface area (Å²) in [5, 5.41) is 10.8. The fourth-order valence-electron chi connectivity index (χ4n) is 4.94. The predicted molar refractivity (Wildman–Crippen MR) is 144 cm³/mol. The van der Waals surface area contributed by atoms with Crippen molar-refractivity contribution in [2.45, 2.75) is 110 Å². The van der Waals surface area contributed by atoms with Crippen LogP contribution in [0.3, 0.4) is 0 Å². The maximum absolute atomic E-state index is 12.2. The summed E-state index contributed by atoms with van der Waals surface area (Å²) in [6.45, 7) is 6.98. The number of aliphatic hydroxyl groups is 1. The van der Waals surface area contributed by atoms with E-state index in [4.69, 9.17) is 42.6 Å². The highest BCUT2D eigenvalue weighted by molar-refractivity contribution is 5.69. The fourth-order valence-corrected chi connectivity index (χ4v) is 4.94. The van der Waals surface area contributed by atoms with Gasteiger partial charge in [0, 0.05) is 34.6 Å². The molecule has 0 aliphatic carbocycles. The van der Waals surface area contributed by atoms with Crippen LogP contribution in [-0.2, 0) is 73.2 Å². The summed E-state index contributed by atoms with van der Waals surface area (Å²) < 4.78 is 50.7. The summed E-state index contributed by atoms with van der Waals surface area (Å²) in [7, 11) is 0. The number of aliphatic hydroxyl groups excluding tert-OH is 1. The van der Waals surface area contributed by atoms with Crippen LogP contribution in [0.4, 0.5) is 0 Å². The second-order valence-corrected chi connectivity index (χ2v) is 10.2. The zero-order valence-corrected chi connectivity index (χ0v) is 25.2. The van der Waals surface area contributed by atoms with E-state index in [0.29, 0.717) is 0 Å². The van der Waals surface area contributed by atoms with Crippen molar-refractivity contribution < 1.29 is 71.7 Å². The van der Waals surface area contributed by atoms with E-state index in [2.05, 4.69) is 0 Å². The first kappa shape index (κ1) is 34.9. The van der Waals surface area contributed by atoms with Crippen molar-refractivity contribution >= 4 is 29.8 Å². The largest absolute Gasteiger partial charge is 0.456 e. The average Bonchev–Trinajstić information content (AvgIpc) is 2.91. The lowest BCUT2D eigenvalue weighted by molar-refractivity contribution is -0.355. The molecule has 2 saturated heterocycles. The van der Waals surface area contributed by atoms with E-state index >= 15 is 0 Å². The summed E-state index contributed by atoms with van der Waals surface area (Å²) in [6, 6.07) is 9.15. The molecule has 2 fully saturated rings. The van der Waals surface area contributed by atoms with Gasteiger partial charge in [-0.2, -0.15) is 0 Å². The van der Waals surface area contributed by atoms with Crippen LogP contribution < -0.4 is 0 Å². The van der Waals surface area contributed by atoms with Gasteiger partial charge in [0.1, 0.15) is 12.2 Å². The van der Waals surface area contributed by atoms with Crippen LogP contribution in [0.2, 0.25) is 0 Å². The number of carbonyl (C=O) groups is 5. The van der Waals surface area contributed by atoms with Gasteiger partial charge in [0.25, 0.3) is 0 Å². The zero-order valence-electron chi connectivity index (χ0n) is 25.2. The summed E-state index contributed by atoms with van der Waals surface area (Å²) in [5.74, 6) is -3.92. The zero-order chi connectivity index (χ0) is 32.6. The van der Waals surface area contributed by atoms with Crippen LogP contribution in [0.15, 0.2) is 30.3 Å². The Morgan fingerprint density at radius 3 is 1.68 bits per heavy atom. The van der Waals surface area contributed by atoms with Gasteiger partial charge >= 0.3 is 29.8 Å². The molecule has 15 nitrogen and oxygen atoms in total. The summed E-state index contributed by atoms with van der Waals surface area (Å²) in [4.78, 5) is 60.2. The van der Waals surface area contributed by atoms with Gasteiger partial charge in [0.2, 0.25) is 0 Å². The third kappa shape index (κ3) is 9.69. The van der Waals surface area contributed by atoms with Crippen molar-refractivity contribution in [1.29, 1.82) is 0 Å².